The van der Waals surface area contributed by atoms with Crippen molar-refractivity contribution in [2.75, 3.05) is 6.26 Å². The number of benzene rings is 1. The molecular formula is C12H11N3O3S2. The third-order valence-corrected chi connectivity index (χ3v) is 3.77. The molecule has 0 atom stereocenters. The monoisotopic (exact) mass is 309 g/mol. The van der Waals surface area contributed by atoms with E-state index in [1.807, 2.05) is 0 Å². The van der Waals surface area contributed by atoms with Crippen molar-refractivity contribution in [3.05, 3.63) is 42.1 Å². The van der Waals surface area contributed by atoms with Crippen LogP contribution in [0.5, 0.6) is 11.6 Å². The van der Waals surface area contributed by atoms with Crippen LogP contribution in [-0.2, 0) is 9.84 Å². The van der Waals surface area contributed by atoms with Crippen LogP contribution in [0.15, 0.2) is 41.4 Å². The molecule has 0 amide bonds. The van der Waals surface area contributed by atoms with E-state index in [1.54, 1.807) is 6.07 Å². The average Bonchev–Trinajstić information content (AvgIpc) is 2.38. The molecule has 1 aromatic heterocycles. The van der Waals surface area contributed by atoms with Crippen LogP contribution in [-0.4, -0.2) is 29.9 Å². The first kappa shape index (κ1) is 14.4. The minimum atomic E-state index is -3.24. The smallest absolute Gasteiger partial charge is 0.249 e. The van der Waals surface area contributed by atoms with E-state index in [0.29, 0.717) is 11.3 Å². The predicted molar refractivity (Wildman–Crippen MR) is 77.5 cm³/mol. The summed E-state index contributed by atoms with van der Waals surface area (Å²) in [5.74, 6) is 0.586. The molecule has 0 unspecified atom stereocenters. The van der Waals surface area contributed by atoms with Gasteiger partial charge in [-0.05, 0) is 30.3 Å². The highest BCUT2D eigenvalue weighted by Crippen LogP contribution is 2.23. The third-order valence-electron chi connectivity index (χ3n) is 2.42. The Bertz CT molecular complexity index is 743. The summed E-state index contributed by atoms with van der Waals surface area (Å²) in [5, 5.41) is 7.50. The number of hydrogen-bond acceptors (Lipinski definition) is 6. The second-order valence-corrected chi connectivity index (χ2v) is 6.42. The first-order valence-electron chi connectivity index (χ1n) is 5.47. The van der Waals surface area contributed by atoms with Gasteiger partial charge in [0.2, 0.25) is 5.88 Å². The number of ether oxygens (including phenoxy) is 1. The van der Waals surface area contributed by atoms with Crippen LogP contribution in [0.2, 0.25) is 0 Å². The summed E-state index contributed by atoms with van der Waals surface area (Å²) >= 11 is 4.89. The van der Waals surface area contributed by atoms with Crippen molar-refractivity contribution in [3.63, 3.8) is 0 Å². The van der Waals surface area contributed by atoms with Gasteiger partial charge in [0.15, 0.2) is 9.84 Å². The van der Waals surface area contributed by atoms with Gasteiger partial charge in [0, 0.05) is 6.26 Å². The third kappa shape index (κ3) is 3.28. The van der Waals surface area contributed by atoms with Crippen molar-refractivity contribution < 1.29 is 13.2 Å². The summed E-state index contributed by atoms with van der Waals surface area (Å²) in [5.41, 5.74) is 6.01. The van der Waals surface area contributed by atoms with Gasteiger partial charge in [0.1, 0.15) is 10.7 Å². The number of nitrogens with two attached hydrogens (primary N) is 1. The Balaban J connectivity index is 2.30. The predicted octanol–water partition coefficient (Wildman–Crippen LogP) is 1.31. The molecule has 6 nitrogen and oxygen atoms in total. The Morgan fingerprint density at radius 2 is 1.90 bits per heavy atom. The molecule has 0 aliphatic carbocycles. The molecule has 0 aliphatic rings. The first-order chi connectivity index (χ1) is 9.38. The number of aromatic nitrogens is 2. The van der Waals surface area contributed by atoms with Gasteiger partial charge < -0.3 is 10.5 Å². The van der Waals surface area contributed by atoms with Crippen molar-refractivity contribution in [2.45, 2.75) is 4.90 Å². The first-order valence-corrected chi connectivity index (χ1v) is 7.77. The van der Waals surface area contributed by atoms with E-state index in [9.17, 15) is 8.42 Å². The highest BCUT2D eigenvalue weighted by molar-refractivity contribution is 7.90. The fourth-order valence-corrected chi connectivity index (χ4v) is 2.23. The number of nitrogens with zero attached hydrogens (tertiary/aromatic N) is 2. The van der Waals surface area contributed by atoms with Crippen LogP contribution in [0.25, 0.3) is 0 Å². The maximum atomic E-state index is 11.3. The topological polar surface area (TPSA) is 95.2 Å². The van der Waals surface area contributed by atoms with E-state index >= 15 is 0 Å². The SMILES string of the molecule is CS(=O)(=O)c1ccc(Oc2nnccc2C(N)=S)cc1. The number of sulfone groups is 1. The van der Waals surface area contributed by atoms with Crippen molar-refractivity contribution in [2.24, 2.45) is 5.73 Å². The molecule has 0 bridgehead atoms. The van der Waals surface area contributed by atoms with E-state index in [0.717, 1.165) is 6.26 Å². The molecule has 2 N–H and O–H groups in total. The fraction of sp³-hybridized carbons (Fsp3) is 0.0833. The quantitative estimate of drug-likeness (QED) is 0.851. The van der Waals surface area contributed by atoms with E-state index in [2.05, 4.69) is 10.2 Å². The van der Waals surface area contributed by atoms with Crippen molar-refractivity contribution in [1.29, 1.82) is 0 Å². The second-order valence-electron chi connectivity index (χ2n) is 3.96. The van der Waals surface area contributed by atoms with Crippen LogP contribution >= 0.6 is 12.2 Å². The molecule has 104 valence electrons. The van der Waals surface area contributed by atoms with E-state index < -0.39 is 9.84 Å². The molecule has 8 heteroatoms. The zero-order valence-corrected chi connectivity index (χ0v) is 12.1. The van der Waals surface area contributed by atoms with E-state index in [1.165, 1.54) is 30.5 Å². The van der Waals surface area contributed by atoms with Crippen molar-refractivity contribution in [3.8, 4) is 11.6 Å². The molecule has 0 saturated heterocycles. The second kappa shape index (κ2) is 5.51. The lowest BCUT2D eigenvalue weighted by Crippen LogP contribution is -2.12. The summed E-state index contributed by atoms with van der Waals surface area (Å²) < 4.78 is 28.2. The zero-order valence-electron chi connectivity index (χ0n) is 10.5. The summed E-state index contributed by atoms with van der Waals surface area (Å²) in [7, 11) is -3.24. The highest BCUT2D eigenvalue weighted by atomic mass is 32.2. The average molecular weight is 309 g/mol. The Morgan fingerprint density at radius 1 is 1.25 bits per heavy atom. The molecule has 1 heterocycles. The molecule has 20 heavy (non-hydrogen) atoms. The summed E-state index contributed by atoms with van der Waals surface area (Å²) in [6, 6.07) is 7.53. The lowest BCUT2D eigenvalue weighted by atomic mass is 10.3. The summed E-state index contributed by atoms with van der Waals surface area (Å²) in [4.78, 5) is 0.348. The van der Waals surface area contributed by atoms with Gasteiger partial charge >= 0.3 is 0 Å². The Kier molecular flexibility index (Phi) is 3.96. The maximum Gasteiger partial charge on any atom is 0.249 e. The van der Waals surface area contributed by atoms with Gasteiger partial charge in [-0.3, -0.25) is 0 Å². The molecule has 1 aromatic carbocycles. The molecular weight excluding hydrogens is 298 g/mol. The van der Waals surface area contributed by atoms with Crippen molar-refractivity contribution in [1.82, 2.24) is 10.2 Å². The van der Waals surface area contributed by atoms with Crippen LogP contribution in [0, 0.1) is 0 Å². The Labute approximate surface area is 121 Å². The molecule has 0 aliphatic heterocycles. The zero-order chi connectivity index (χ0) is 14.8. The van der Waals surface area contributed by atoms with Crippen LogP contribution in [0.3, 0.4) is 0 Å². The minimum Gasteiger partial charge on any atom is -0.437 e. The van der Waals surface area contributed by atoms with E-state index in [4.69, 9.17) is 22.7 Å². The molecule has 0 radical (unpaired) electrons. The van der Waals surface area contributed by atoms with Gasteiger partial charge in [0.05, 0.1) is 16.7 Å². The minimum absolute atomic E-state index is 0.141. The molecule has 0 saturated carbocycles. The molecule has 0 fully saturated rings. The molecule has 2 aromatic rings. The number of rotatable bonds is 4. The largest absolute Gasteiger partial charge is 0.437 e. The van der Waals surface area contributed by atoms with Crippen LogP contribution < -0.4 is 10.5 Å². The molecule has 0 spiro atoms. The lowest BCUT2D eigenvalue weighted by molar-refractivity contribution is 0.454. The van der Waals surface area contributed by atoms with Gasteiger partial charge in [-0.25, -0.2) is 8.42 Å². The number of thiocarbonyl (C=S) groups is 1. The van der Waals surface area contributed by atoms with Gasteiger partial charge in [-0.15, -0.1) is 5.10 Å². The molecule has 2 rings (SSSR count). The summed E-state index contributed by atoms with van der Waals surface area (Å²) in [6.07, 6.45) is 2.59. The van der Waals surface area contributed by atoms with Gasteiger partial charge in [0.25, 0.3) is 0 Å². The Morgan fingerprint density at radius 3 is 2.45 bits per heavy atom. The fourth-order valence-electron chi connectivity index (χ4n) is 1.45. The lowest BCUT2D eigenvalue weighted by Gasteiger charge is -2.08. The standard InChI is InChI=1S/C12H11N3O3S2/c1-20(16,17)9-4-2-8(3-5-9)18-12-10(11(13)19)6-7-14-15-12/h2-7H,1H3,(H2,13,19). The summed E-state index contributed by atoms with van der Waals surface area (Å²) in [6.45, 7) is 0. The normalized spacial score (nSPS) is 11.1. The van der Waals surface area contributed by atoms with Crippen LogP contribution in [0.4, 0.5) is 0 Å². The van der Waals surface area contributed by atoms with Crippen molar-refractivity contribution >= 4 is 27.0 Å². The van der Waals surface area contributed by atoms with Gasteiger partial charge in [-0.2, -0.15) is 5.10 Å². The van der Waals surface area contributed by atoms with Crippen LogP contribution in [0.1, 0.15) is 5.56 Å². The Hall–Kier alpha value is -2.06. The van der Waals surface area contributed by atoms with E-state index in [-0.39, 0.29) is 15.8 Å². The highest BCUT2D eigenvalue weighted by Gasteiger charge is 2.11. The van der Waals surface area contributed by atoms with Gasteiger partial charge in [-0.1, -0.05) is 12.2 Å². The number of hydrogen-bond donors (Lipinski definition) is 1. The maximum absolute atomic E-state index is 11.3.